The van der Waals surface area contributed by atoms with E-state index in [4.69, 9.17) is 11.5 Å². The summed E-state index contributed by atoms with van der Waals surface area (Å²) in [5, 5.41) is 2.93. The number of carbonyl (C=O) groups is 1. The van der Waals surface area contributed by atoms with Crippen LogP contribution in [-0.4, -0.2) is 10.9 Å². The van der Waals surface area contributed by atoms with Crippen molar-refractivity contribution < 1.29 is 9.18 Å². The summed E-state index contributed by atoms with van der Waals surface area (Å²) in [5.74, 6) is -0.687. The number of carbonyl (C=O) groups excluding carboxylic acids is 1. The van der Waals surface area contributed by atoms with Gasteiger partial charge in [-0.2, -0.15) is 0 Å². The molecule has 104 valence electrons. The molecule has 1 aromatic heterocycles. The Morgan fingerprint density at radius 3 is 2.75 bits per heavy atom. The number of primary amides is 1. The molecule has 1 heterocycles. The number of nitrogens with zero attached hydrogens (tertiary/aromatic N) is 1. The van der Waals surface area contributed by atoms with Crippen molar-refractivity contribution >= 4 is 39.0 Å². The van der Waals surface area contributed by atoms with Crippen LogP contribution >= 0.6 is 15.9 Å². The highest BCUT2D eigenvalue weighted by atomic mass is 79.9. The van der Waals surface area contributed by atoms with E-state index < -0.39 is 11.7 Å². The van der Waals surface area contributed by atoms with Gasteiger partial charge < -0.3 is 16.8 Å². The van der Waals surface area contributed by atoms with Gasteiger partial charge in [0.25, 0.3) is 5.91 Å². The molecular weight excluding hydrogens is 327 g/mol. The Morgan fingerprint density at radius 1 is 1.40 bits per heavy atom. The minimum Gasteiger partial charge on any atom is -0.397 e. The molecule has 0 bridgehead atoms. The van der Waals surface area contributed by atoms with E-state index >= 15 is 0 Å². The van der Waals surface area contributed by atoms with Gasteiger partial charge in [-0.3, -0.25) is 4.79 Å². The largest absolute Gasteiger partial charge is 0.397 e. The van der Waals surface area contributed by atoms with Crippen LogP contribution in [0.4, 0.5) is 21.6 Å². The lowest BCUT2D eigenvalue weighted by Gasteiger charge is -2.11. The van der Waals surface area contributed by atoms with Crippen LogP contribution in [-0.2, 0) is 0 Å². The average molecular weight is 339 g/mol. The molecule has 5 N–H and O–H groups in total. The number of nitrogens with two attached hydrogens (primary N) is 2. The Kier molecular flexibility index (Phi) is 3.89. The van der Waals surface area contributed by atoms with E-state index in [-0.39, 0.29) is 11.3 Å². The topological polar surface area (TPSA) is 94.0 Å². The predicted molar refractivity (Wildman–Crippen MR) is 79.3 cm³/mol. The molecule has 0 aliphatic carbocycles. The summed E-state index contributed by atoms with van der Waals surface area (Å²) in [6, 6.07) is 4.41. The minimum atomic E-state index is -0.647. The predicted octanol–water partition coefficient (Wildman–Crippen LogP) is 2.72. The number of nitrogens with one attached hydrogen (secondary N) is 1. The fourth-order valence-corrected chi connectivity index (χ4v) is 2.12. The van der Waals surface area contributed by atoms with Gasteiger partial charge in [-0.15, -0.1) is 0 Å². The van der Waals surface area contributed by atoms with Crippen LogP contribution in [0.25, 0.3) is 0 Å². The number of aromatic nitrogens is 1. The smallest absolute Gasteiger partial charge is 0.250 e. The number of hydrogen-bond donors (Lipinski definition) is 3. The maximum Gasteiger partial charge on any atom is 0.250 e. The maximum absolute atomic E-state index is 13.5. The van der Waals surface area contributed by atoms with Crippen LogP contribution in [0.2, 0.25) is 0 Å². The Labute approximate surface area is 123 Å². The van der Waals surface area contributed by atoms with E-state index in [0.29, 0.717) is 16.0 Å². The van der Waals surface area contributed by atoms with Gasteiger partial charge in [-0.25, -0.2) is 9.37 Å². The zero-order chi connectivity index (χ0) is 14.9. The Hall–Kier alpha value is -2.15. The van der Waals surface area contributed by atoms with Crippen LogP contribution in [0.3, 0.4) is 0 Å². The zero-order valence-electron chi connectivity index (χ0n) is 10.6. The molecule has 0 fully saturated rings. The number of hydrogen-bond acceptors (Lipinski definition) is 4. The molecule has 0 aliphatic heterocycles. The summed E-state index contributed by atoms with van der Waals surface area (Å²) < 4.78 is 13.9. The van der Waals surface area contributed by atoms with Crippen LogP contribution in [0.15, 0.2) is 28.9 Å². The SMILES string of the molecule is Cc1cc(Br)c(F)cc1Nc1cc(C(N)=O)c(N)cn1. The summed E-state index contributed by atoms with van der Waals surface area (Å²) in [5.41, 5.74) is 12.5. The van der Waals surface area contributed by atoms with Gasteiger partial charge in [0.2, 0.25) is 0 Å². The van der Waals surface area contributed by atoms with Gasteiger partial charge in [0.15, 0.2) is 0 Å². The quantitative estimate of drug-likeness (QED) is 0.801. The third-order valence-corrected chi connectivity index (χ3v) is 3.34. The van der Waals surface area contributed by atoms with Crippen molar-refractivity contribution in [2.45, 2.75) is 6.92 Å². The molecule has 0 unspecified atom stereocenters. The lowest BCUT2D eigenvalue weighted by molar-refractivity contribution is 0.100. The highest BCUT2D eigenvalue weighted by molar-refractivity contribution is 9.10. The van der Waals surface area contributed by atoms with Gasteiger partial charge in [-0.05, 0) is 46.6 Å². The van der Waals surface area contributed by atoms with Gasteiger partial charge in [-0.1, -0.05) is 0 Å². The van der Waals surface area contributed by atoms with E-state index in [1.807, 2.05) is 6.92 Å². The van der Waals surface area contributed by atoms with Crippen molar-refractivity contribution in [3.05, 3.63) is 45.8 Å². The molecule has 1 amide bonds. The fraction of sp³-hybridized carbons (Fsp3) is 0.0769. The van der Waals surface area contributed by atoms with E-state index in [1.54, 1.807) is 6.07 Å². The lowest BCUT2D eigenvalue weighted by atomic mass is 10.2. The molecule has 1 aromatic carbocycles. The third kappa shape index (κ3) is 2.88. The Bertz CT molecular complexity index is 690. The van der Waals surface area contributed by atoms with Gasteiger partial charge in [0.1, 0.15) is 11.6 Å². The molecule has 0 atom stereocenters. The molecule has 2 rings (SSSR count). The van der Waals surface area contributed by atoms with Crippen molar-refractivity contribution in [2.24, 2.45) is 5.73 Å². The number of anilines is 3. The highest BCUT2D eigenvalue weighted by Gasteiger charge is 2.10. The monoisotopic (exact) mass is 338 g/mol. The Balaban J connectivity index is 2.38. The van der Waals surface area contributed by atoms with E-state index in [2.05, 4.69) is 26.2 Å². The van der Waals surface area contributed by atoms with Gasteiger partial charge in [0.05, 0.1) is 21.9 Å². The van der Waals surface area contributed by atoms with Crippen LogP contribution in [0.1, 0.15) is 15.9 Å². The first kappa shape index (κ1) is 14.3. The fourth-order valence-electron chi connectivity index (χ4n) is 1.67. The average Bonchev–Trinajstić information content (AvgIpc) is 2.37. The first-order chi connectivity index (χ1) is 9.38. The number of amides is 1. The van der Waals surface area contributed by atoms with Crippen molar-refractivity contribution in [1.82, 2.24) is 4.98 Å². The van der Waals surface area contributed by atoms with Crippen LogP contribution < -0.4 is 16.8 Å². The van der Waals surface area contributed by atoms with Crippen molar-refractivity contribution in [3.8, 4) is 0 Å². The number of pyridine rings is 1. The molecule has 0 aliphatic rings. The number of rotatable bonds is 3. The normalized spacial score (nSPS) is 10.3. The van der Waals surface area contributed by atoms with E-state index in [1.165, 1.54) is 18.3 Å². The minimum absolute atomic E-state index is 0.165. The molecule has 7 heteroatoms. The zero-order valence-corrected chi connectivity index (χ0v) is 12.2. The summed E-state index contributed by atoms with van der Waals surface area (Å²) >= 11 is 3.11. The molecule has 2 aromatic rings. The van der Waals surface area contributed by atoms with Crippen molar-refractivity contribution in [1.29, 1.82) is 0 Å². The van der Waals surface area contributed by atoms with Crippen molar-refractivity contribution in [3.63, 3.8) is 0 Å². The maximum atomic E-state index is 13.5. The molecule has 5 nitrogen and oxygen atoms in total. The second-order valence-electron chi connectivity index (χ2n) is 4.23. The number of aryl methyl sites for hydroxylation is 1. The summed E-state index contributed by atoms with van der Waals surface area (Å²) in [7, 11) is 0. The van der Waals surface area contributed by atoms with Crippen LogP contribution in [0, 0.1) is 12.7 Å². The lowest BCUT2D eigenvalue weighted by Crippen LogP contribution is -2.14. The molecule has 0 saturated heterocycles. The van der Waals surface area contributed by atoms with Crippen molar-refractivity contribution in [2.75, 3.05) is 11.1 Å². The number of nitrogen functional groups attached to an aromatic ring is 1. The standard InChI is InChI=1S/C13H12BrFN4O/c1-6-2-8(14)9(15)4-11(6)19-12-3-7(13(17)20)10(16)5-18-12/h2-5H,16H2,1H3,(H2,17,20)(H,18,19). The van der Waals surface area contributed by atoms with Gasteiger partial charge >= 0.3 is 0 Å². The molecule has 20 heavy (non-hydrogen) atoms. The second-order valence-corrected chi connectivity index (χ2v) is 5.08. The summed E-state index contributed by atoms with van der Waals surface area (Å²) in [4.78, 5) is 15.2. The molecular formula is C13H12BrFN4O. The van der Waals surface area contributed by atoms with Gasteiger partial charge in [0, 0.05) is 5.69 Å². The first-order valence-corrected chi connectivity index (χ1v) is 6.45. The summed E-state index contributed by atoms with van der Waals surface area (Å²) in [6.45, 7) is 1.82. The first-order valence-electron chi connectivity index (χ1n) is 5.66. The summed E-state index contributed by atoms with van der Waals surface area (Å²) in [6.07, 6.45) is 1.33. The van der Waals surface area contributed by atoms with Crippen LogP contribution in [0.5, 0.6) is 0 Å². The molecule has 0 saturated carbocycles. The number of halogens is 2. The van der Waals surface area contributed by atoms with E-state index in [0.717, 1.165) is 5.56 Å². The van der Waals surface area contributed by atoms with E-state index in [9.17, 15) is 9.18 Å². The second kappa shape index (κ2) is 5.46. The molecule has 0 radical (unpaired) electrons. The number of benzene rings is 1. The highest BCUT2D eigenvalue weighted by Crippen LogP contribution is 2.26. The molecule has 0 spiro atoms. The Morgan fingerprint density at radius 2 is 2.10 bits per heavy atom. The third-order valence-electron chi connectivity index (χ3n) is 2.73.